The van der Waals surface area contributed by atoms with Crippen LogP contribution in [0.5, 0.6) is 0 Å². The van der Waals surface area contributed by atoms with Crippen LogP contribution < -0.4 is 5.32 Å². The third-order valence-corrected chi connectivity index (χ3v) is 4.27. The highest BCUT2D eigenvalue weighted by Gasteiger charge is 2.41. The average molecular weight is 250 g/mol. The molecule has 4 nitrogen and oxygen atoms in total. The zero-order valence-electron chi connectivity index (χ0n) is 11.1. The van der Waals surface area contributed by atoms with Crippen LogP contribution in [-0.4, -0.2) is 25.2 Å². The van der Waals surface area contributed by atoms with Gasteiger partial charge < -0.3 is 10.1 Å². The summed E-state index contributed by atoms with van der Waals surface area (Å²) in [7, 11) is 0. The molecule has 0 aromatic rings. The van der Waals surface area contributed by atoms with Crippen molar-refractivity contribution in [3.63, 3.8) is 0 Å². The van der Waals surface area contributed by atoms with Crippen LogP contribution in [0.25, 0.3) is 0 Å². The number of carbonyl (C=O) groups excluding carboxylic acids is 1. The highest BCUT2D eigenvalue weighted by atomic mass is 16.5. The first-order valence-electron chi connectivity index (χ1n) is 6.96. The zero-order valence-corrected chi connectivity index (χ0v) is 11.1. The maximum Gasteiger partial charge on any atom is 0.240 e. The molecule has 4 heteroatoms. The summed E-state index contributed by atoms with van der Waals surface area (Å²) >= 11 is 0. The van der Waals surface area contributed by atoms with Gasteiger partial charge in [-0.1, -0.05) is 19.8 Å². The molecule has 0 bridgehead atoms. The predicted octanol–water partition coefficient (Wildman–Crippen LogP) is 2.00. The molecule has 0 aromatic carbocycles. The van der Waals surface area contributed by atoms with Crippen LogP contribution in [0.2, 0.25) is 0 Å². The lowest BCUT2D eigenvalue weighted by Crippen LogP contribution is -2.48. The van der Waals surface area contributed by atoms with Crippen LogP contribution in [0, 0.1) is 22.7 Å². The van der Waals surface area contributed by atoms with E-state index < -0.39 is 5.41 Å². The van der Waals surface area contributed by atoms with Crippen LogP contribution in [0.15, 0.2) is 0 Å². The normalized spacial score (nSPS) is 31.3. The number of rotatable bonds is 2. The standard InChI is InChI=1S/C14H22N2O2/c1-11-3-2-4-12(9-11)16-13(17)14(10-15)5-7-18-8-6-14/h11-12H,2-9H2,1H3,(H,16,17). The van der Waals surface area contributed by atoms with Gasteiger partial charge in [-0.25, -0.2) is 0 Å². The SMILES string of the molecule is CC1CCCC(NC(=O)C2(C#N)CCOCC2)C1. The molecule has 2 atom stereocenters. The molecule has 2 unspecified atom stereocenters. The third-order valence-electron chi connectivity index (χ3n) is 4.27. The molecule has 18 heavy (non-hydrogen) atoms. The van der Waals surface area contributed by atoms with Crippen molar-refractivity contribution in [2.45, 2.75) is 51.5 Å². The van der Waals surface area contributed by atoms with Gasteiger partial charge in [0.25, 0.3) is 0 Å². The van der Waals surface area contributed by atoms with Gasteiger partial charge in [-0.15, -0.1) is 0 Å². The third kappa shape index (κ3) is 2.84. The summed E-state index contributed by atoms with van der Waals surface area (Å²) in [5.41, 5.74) is -0.848. The number of amides is 1. The summed E-state index contributed by atoms with van der Waals surface area (Å²) in [6.45, 7) is 3.26. The molecule has 1 aliphatic heterocycles. The van der Waals surface area contributed by atoms with Gasteiger partial charge in [0.05, 0.1) is 6.07 Å². The number of nitriles is 1. The zero-order chi connectivity index (χ0) is 13.0. The van der Waals surface area contributed by atoms with Crippen molar-refractivity contribution in [3.05, 3.63) is 0 Å². The number of nitrogens with one attached hydrogen (secondary N) is 1. The minimum absolute atomic E-state index is 0.0765. The Morgan fingerprint density at radius 1 is 1.39 bits per heavy atom. The molecule has 1 saturated carbocycles. The second-order valence-electron chi connectivity index (χ2n) is 5.75. The van der Waals surface area contributed by atoms with Gasteiger partial charge in [0.1, 0.15) is 5.41 Å². The highest BCUT2D eigenvalue weighted by Crippen LogP contribution is 2.31. The van der Waals surface area contributed by atoms with Crippen LogP contribution in [0.4, 0.5) is 0 Å². The Balaban J connectivity index is 1.95. The summed E-state index contributed by atoms with van der Waals surface area (Å²) in [6, 6.07) is 2.48. The molecule has 1 N–H and O–H groups in total. The van der Waals surface area contributed by atoms with Crippen molar-refractivity contribution in [3.8, 4) is 6.07 Å². The van der Waals surface area contributed by atoms with E-state index >= 15 is 0 Å². The van der Waals surface area contributed by atoms with Gasteiger partial charge in [0.2, 0.25) is 5.91 Å². The second-order valence-corrected chi connectivity index (χ2v) is 5.75. The van der Waals surface area contributed by atoms with E-state index in [4.69, 9.17) is 4.74 Å². The molecular formula is C14H22N2O2. The minimum Gasteiger partial charge on any atom is -0.381 e. The fraction of sp³-hybridized carbons (Fsp3) is 0.857. The fourth-order valence-electron chi connectivity index (χ4n) is 3.00. The largest absolute Gasteiger partial charge is 0.381 e. The van der Waals surface area contributed by atoms with Gasteiger partial charge in [-0.3, -0.25) is 4.79 Å². The molecule has 2 rings (SSSR count). The molecule has 2 fully saturated rings. The second kappa shape index (κ2) is 5.71. The molecule has 1 aliphatic carbocycles. The van der Waals surface area contributed by atoms with Crippen molar-refractivity contribution >= 4 is 5.91 Å². The monoisotopic (exact) mass is 250 g/mol. The quantitative estimate of drug-likeness (QED) is 0.815. The summed E-state index contributed by atoms with van der Waals surface area (Å²) in [6.07, 6.45) is 5.57. The Bertz CT molecular complexity index is 342. The van der Waals surface area contributed by atoms with E-state index in [1.165, 1.54) is 12.8 Å². The number of ether oxygens (including phenoxy) is 1. The van der Waals surface area contributed by atoms with E-state index in [0.717, 1.165) is 12.8 Å². The molecule has 100 valence electrons. The lowest BCUT2D eigenvalue weighted by molar-refractivity contribution is -0.133. The van der Waals surface area contributed by atoms with Crippen molar-refractivity contribution in [1.29, 1.82) is 5.26 Å². The van der Waals surface area contributed by atoms with E-state index in [0.29, 0.717) is 32.0 Å². The van der Waals surface area contributed by atoms with Crippen LogP contribution in [-0.2, 0) is 9.53 Å². The summed E-state index contributed by atoms with van der Waals surface area (Å²) in [5, 5.41) is 12.4. The lowest BCUT2D eigenvalue weighted by atomic mass is 9.79. The Kier molecular flexibility index (Phi) is 4.23. The maximum atomic E-state index is 12.3. The molecular weight excluding hydrogens is 228 g/mol. The van der Waals surface area contributed by atoms with Crippen LogP contribution >= 0.6 is 0 Å². The van der Waals surface area contributed by atoms with Crippen molar-refractivity contribution < 1.29 is 9.53 Å². The first-order chi connectivity index (χ1) is 8.66. The van der Waals surface area contributed by atoms with Gasteiger partial charge in [-0.2, -0.15) is 5.26 Å². The van der Waals surface area contributed by atoms with Gasteiger partial charge in [0, 0.05) is 19.3 Å². The molecule has 1 amide bonds. The Labute approximate surface area is 109 Å². The number of hydrogen-bond acceptors (Lipinski definition) is 3. The molecule has 1 heterocycles. The first kappa shape index (κ1) is 13.4. The number of hydrogen-bond donors (Lipinski definition) is 1. The van der Waals surface area contributed by atoms with Gasteiger partial charge in [-0.05, 0) is 31.6 Å². The minimum atomic E-state index is -0.848. The number of nitrogens with zero attached hydrogens (tertiary/aromatic N) is 1. The molecule has 0 radical (unpaired) electrons. The van der Waals surface area contributed by atoms with Gasteiger partial charge in [0.15, 0.2) is 0 Å². The molecule has 2 aliphatic rings. The smallest absolute Gasteiger partial charge is 0.240 e. The van der Waals surface area contributed by atoms with Gasteiger partial charge >= 0.3 is 0 Å². The predicted molar refractivity (Wildman–Crippen MR) is 67.7 cm³/mol. The van der Waals surface area contributed by atoms with Crippen LogP contribution in [0.1, 0.15) is 45.4 Å². The van der Waals surface area contributed by atoms with Crippen molar-refractivity contribution in [2.24, 2.45) is 11.3 Å². The summed E-state index contributed by atoms with van der Waals surface area (Å²) in [5.74, 6) is 0.601. The number of carbonyl (C=O) groups is 1. The molecule has 0 aromatic heterocycles. The molecule has 1 saturated heterocycles. The fourth-order valence-corrected chi connectivity index (χ4v) is 3.00. The summed E-state index contributed by atoms with van der Waals surface area (Å²) < 4.78 is 5.25. The molecule has 0 spiro atoms. The highest BCUT2D eigenvalue weighted by molar-refractivity contribution is 5.85. The Hall–Kier alpha value is -1.08. The van der Waals surface area contributed by atoms with E-state index in [2.05, 4.69) is 18.3 Å². The van der Waals surface area contributed by atoms with Crippen LogP contribution in [0.3, 0.4) is 0 Å². The lowest BCUT2D eigenvalue weighted by Gasteiger charge is -2.33. The first-order valence-corrected chi connectivity index (χ1v) is 6.96. The Morgan fingerprint density at radius 3 is 2.72 bits per heavy atom. The van der Waals surface area contributed by atoms with Crippen molar-refractivity contribution in [1.82, 2.24) is 5.32 Å². The van der Waals surface area contributed by atoms with E-state index in [9.17, 15) is 10.1 Å². The van der Waals surface area contributed by atoms with E-state index in [1.54, 1.807) is 0 Å². The van der Waals surface area contributed by atoms with Crippen molar-refractivity contribution in [2.75, 3.05) is 13.2 Å². The Morgan fingerprint density at radius 2 is 2.11 bits per heavy atom. The van der Waals surface area contributed by atoms with E-state index in [1.807, 2.05) is 0 Å². The van der Waals surface area contributed by atoms with E-state index in [-0.39, 0.29) is 11.9 Å². The maximum absolute atomic E-state index is 12.3. The summed E-state index contributed by atoms with van der Waals surface area (Å²) in [4.78, 5) is 12.3. The topological polar surface area (TPSA) is 62.1 Å². The average Bonchev–Trinajstić information content (AvgIpc) is 2.39.